The summed E-state index contributed by atoms with van der Waals surface area (Å²) in [7, 11) is -4.49. The number of nitriles is 1. The minimum Gasteiger partial charge on any atom is -0.318 e. The summed E-state index contributed by atoms with van der Waals surface area (Å²) in [5.74, 6) is 0.549. The third-order valence-electron chi connectivity index (χ3n) is 6.39. The van der Waals surface area contributed by atoms with Crippen LogP contribution in [0.15, 0.2) is 29.4 Å². The lowest BCUT2D eigenvalue weighted by molar-refractivity contribution is -0.147. The van der Waals surface area contributed by atoms with Gasteiger partial charge in [0.05, 0.1) is 18.0 Å². The molecule has 2 saturated carbocycles. The number of rotatable bonds is 6. The predicted octanol–water partition coefficient (Wildman–Crippen LogP) is 4.20. The molecule has 12 heteroatoms. The zero-order chi connectivity index (χ0) is 24.3. The number of aromatic nitrogens is 4. The zero-order valence-electron chi connectivity index (χ0n) is 18.2. The summed E-state index contributed by atoms with van der Waals surface area (Å²) in [6, 6.07) is 3.88. The van der Waals surface area contributed by atoms with E-state index in [1.54, 1.807) is 4.72 Å². The molecule has 2 aliphatic carbocycles. The highest BCUT2D eigenvalue weighted by Gasteiger charge is 2.39. The first-order valence-corrected chi connectivity index (χ1v) is 12.4. The Hall–Kier alpha value is -3.04. The number of alkyl halides is 3. The van der Waals surface area contributed by atoms with Crippen molar-refractivity contribution in [1.82, 2.24) is 24.2 Å². The number of nitrogens with zero attached hydrogens (tertiary/aromatic N) is 5. The van der Waals surface area contributed by atoms with Crippen molar-refractivity contribution in [3.05, 3.63) is 35.8 Å². The van der Waals surface area contributed by atoms with Gasteiger partial charge in [-0.05, 0) is 51.2 Å². The summed E-state index contributed by atoms with van der Waals surface area (Å²) in [5.41, 5.74) is 2.45. The highest BCUT2D eigenvalue weighted by atomic mass is 32.2. The summed E-state index contributed by atoms with van der Waals surface area (Å²) < 4.78 is 66.7. The molecule has 178 valence electrons. The van der Waals surface area contributed by atoms with Gasteiger partial charge >= 0.3 is 6.18 Å². The Labute approximate surface area is 193 Å². The van der Waals surface area contributed by atoms with Crippen molar-refractivity contribution in [3.63, 3.8) is 0 Å². The second-order valence-corrected chi connectivity index (χ2v) is 10.5. The van der Waals surface area contributed by atoms with Crippen LogP contribution in [0.1, 0.15) is 62.2 Å². The molecule has 0 spiro atoms. The molecule has 0 unspecified atom stereocenters. The van der Waals surface area contributed by atoms with Crippen molar-refractivity contribution in [2.75, 3.05) is 0 Å². The number of hydrogen-bond donors (Lipinski definition) is 1. The van der Waals surface area contributed by atoms with Crippen LogP contribution in [0.5, 0.6) is 0 Å². The highest BCUT2D eigenvalue weighted by Crippen LogP contribution is 2.44. The van der Waals surface area contributed by atoms with Gasteiger partial charge < -0.3 is 4.57 Å². The largest absolute Gasteiger partial charge is 0.404 e. The van der Waals surface area contributed by atoms with E-state index in [4.69, 9.17) is 4.98 Å². The lowest BCUT2D eigenvalue weighted by Gasteiger charge is -2.29. The van der Waals surface area contributed by atoms with E-state index in [9.17, 15) is 26.9 Å². The van der Waals surface area contributed by atoms with Gasteiger partial charge in [0.15, 0.2) is 5.82 Å². The molecule has 3 aromatic heterocycles. The van der Waals surface area contributed by atoms with Gasteiger partial charge in [0.2, 0.25) is 10.0 Å². The molecule has 5 rings (SSSR count). The van der Waals surface area contributed by atoms with Gasteiger partial charge in [0.1, 0.15) is 28.3 Å². The fraction of sp³-hybridized carbons (Fsp3) is 0.455. The first-order valence-electron chi connectivity index (χ1n) is 11.0. The van der Waals surface area contributed by atoms with Crippen LogP contribution in [0.25, 0.3) is 22.6 Å². The van der Waals surface area contributed by atoms with Crippen LogP contribution in [-0.2, 0) is 10.0 Å². The van der Waals surface area contributed by atoms with Crippen LogP contribution in [0.2, 0.25) is 0 Å². The van der Waals surface area contributed by atoms with Crippen LogP contribution in [0.3, 0.4) is 0 Å². The van der Waals surface area contributed by atoms with E-state index in [1.165, 1.54) is 0 Å². The third kappa shape index (κ3) is 3.92. The first kappa shape index (κ1) is 22.7. The summed E-state index contributed by atoms with van der Waals surface area (Å²) in [5, 5.41) is 10.6. The van der Waals surface area contributed by atoms with Crippen LogP contribution >= 0.6 is 0 Å². The van der Waals surface area contributed by atoms with Crippen molar-refractivity contribution in [2.24, 2.45) is 0 Å². The molecule has 0 saturated heterocycles. The second kappa shape index (κ2) is 8.02. The molecule has 0 aliphatic heterocycles. The van der Waals surface area contributed by atoms with E-state index in [0.29, 0.717) is 35.1 Å². The standard InChI is InChI=1S/C22H21F3N6O2S/c1-12(22(23,24)25)30-34(32,33)15-10-27-20(28-11-15)19-17(9-26)16-7-8-18(13-5-6-13)29-21(16)31(19)14-3-2-4-14/h7-8,10-14,30H,2-6H2,1H3/t12-/m0/s1. The Bertz CT molecular complexity index is 1400. The number of halogens is 3. The smallest absolute Gasteiger partial charge is 0.318 e. The minimum absolute atomic E-state index is 0.114. The van der Waals surface area contributed by atoms with Crippen LogP contribution in [0, 0.1) is 11.3 Å². The van der Waals surface area contributed by atoms with E-state index < -0.39 is 27.1 Å². The molecular formula is C22H21F3N6O2S. The quantitative estimate of drug-likeness (QED) is 0.554. The van der Waals surface area contributed by atoms with E-state index in [1.807, 2.05) is 16.7 Å². The highest BCUT2D eigenvalue weighted by molar-refractivity contribution is 7.89. The molecule has 3 aromatic rings. The molecule has 2 aliphatic rings. The Morgan fingerprint density at radius 1 is 1.18 bits per heavy atom. The molecule has 0 aromatic carbocycles. The van der Waals surface area contributed by atoms with Crippen molar-refractivity contribution in [3.8, 4) is 17.6 Å². The minimum atomic E-state index is -4.73. The van der Waals surface area contributed by atoms with Gasteiger partial charge in [-0.3, -0.25) is 0 Å². The Kier molecular flexibility index (Phi) is 5.37. The monoisotopic (exact) mass is 490 g/mol. The number of hydrogen-bond acceptors (Lipinski definition) is 6. The Balaban J connectivity index is 1.58. The molecule has 1 N–H and O–H groups in total. The molecular weight excluding hydrogens is 469 g/mol. The van der Waals surface area contributed by atoms with Crippen molar-refractivity contribution < 1.29 is 21.6 Å². The topological polar surface area (TPSA) is 114 Å². The number of pyridine rings is 1. The van der Waals surface area contributed by atoms with Crippen LogP contribution in [0.4, 0.5) is 13.2 Å². The third-order valence-corrected chi connectivity index (χ3v) is 7.89. The van der Waals surface area contributed by atoms with Crippen molar-refractivity contribution in [2.45, 2.75) is 68.1 Å². The van der Waals surface area contributed by atoms with Crippen molar-refractivity contribution >= 4 is 21.1 Å². The lowest BCUT2D eigenvalue weighted by atomic mass is 9.92. The van der Waals surface area contributed by atoms with E-state index in [0.717, 1.165) is 50.2 Å². The average Bonchev–Trinajstić information content (AvgIpc) is 3.55. The molecule has 0 radical (unpaired) electrons. The molecule has 8 nitrogen and oxygen atoms in total. The van der Waals surface area contributed by atoms with Gasteiger partial charge in [0.25, 0.3) is 0 Å². The molecule has 34 heavy (non-hydrogen) atoms. The Morgan fingerprint density at radius 3 is 2.38 bits per heavy atom. The fourth-order valence-corrected chi connectivity index (χ4v) is 5.20. The number of fused-ring (bicyclic) bond motifs is 1. The maximum Gasteiger partial charge on any atom is 0.404 e. The van der Waals surface area contributed by atoms with E-state index in [2.05, 4.69) is 16.0 Å². The molecule has 1 atom stereocenters. The van der Waals surface area contributed by atoms with Gasteiger partial charge in [-0.25, -0.2) is 23.4 Å². The van der Waals surface area contributed by atoms with Gasteiger partial charge in [0, 0.05) is 23.0 Å². The van der Waals surface area contributed by atoms with E-state index >= 15 is 0 Å². The molecule has 3 heterocycles. The lowest BCUT2D eigenvalue weighted by Crippen LogP contribution is -2.43. The zero-order valence-corrected chi connectivity index (χ0v) is 19.0. The maximum absolute atomic E-state index is 12.8. The summed E-state index contributed by atoms with van der Waals surface area (Å²) in [4.78, 5) is 12.7. The normalized spacial score (nSPS) is 18.0. The van der Waals surface area contributed by atoms with Crippen LogP contribution in [-0.4, -0.2) is 40.2 Å². The Morgan fingerprint density at radius 2 is 1.85 bits per heavy atom. The van der Waals surface area contributed by atoms with Crippen molar-refractivity contribution in [1.29, 1.82) is 5.26 Å². The summed E-state index contributed by atoms with van der Waals surface area (Å²) in [6.07, 6.45) is 2.20. The van der Waals surface area contributed by atoms with Crippen LogP contribution < -0.4 is 4.72 Å². The summed E-state index contributed by atoms with van der Waals surface area (Å²) in [6.45, 7) is 0.714. The molecule has 0 amide bonds. The molecule has 0 bridgehead atoms. The fourth-order valence-electron chi connectivity index (χ4n) is 4.08. The van der Waals surface area contributed by atoms with Gasteiger partial charge in [-0.15, -0.1) is 0 Å². The van der Waals surface area contributed by atoms with Gasteiger partial charge in [-0.2, -0.15) is 23.2 Å². The predicted molar refractivity (Wildman–Crippen MR) is 116 cm³/mol. The number of nitrogens with one attached hydrogen (secondary N) is 1. The van der Waals surface area contributed by atoms with E-state index in [-0.39, 0.29) is 11.9 Å². The number of sulfonamides is 1. The SMILES string of the molecule is C[C@H](NS(=O)(=O)c1cnc(-c2c(C#N)c3ccc(C4CC4)nc3n2C2CCC2)nc1)C(F)(F)F. The first-order chi connectivity index (χ1) is 16.1. The summed E-state index contributed by atoms with van der Waals surface area (Å²) >= 11 is 0. The second-order valence-electron chi connectivity index (χ2n) is 8.80. The van der Waals surface area contributed by atoms with Gasteiger partial charge in [-0.1, -0.05) is 0 Å². The maximum atomic E-state index is 12.8. The molecule has 2 fully saturated rings. The average molecular weight is 491 g/mol.